The van der Waals surface area contributed by atoms with Gasteiger partial charge in [-0.1, -0.05) is 19.8 Å². The molecule has 1 aliphatic rings. The van der Waals surface area contributed by atoms with Crippen LogP contribution in [0.15, 0.2) is 48.8 Å². The number of ketones is 1. The molecule has 0 bridgehead atoms. The summed E-state index contributed by atoms with van der Waals surface area (Å²) in [6.07, 6.45) is 8.67. The molecule has 1 saturated heterocycles. The Morgan fingerprint density at radius 1 is 1.00 bits per heavy atom. The molecule has 2 N–H and O–H groups in total. The van der Waals surface area contributed by atoms with Crippen LogP contribution in [-0.2, 0) is 11.2 Å². The lowest BCUT2D eigenvalue weighted by atomic mass is 10.0. The fourth-order valence-electron chi connectivity index (χ4n) is 4.18. The smallest absolute Gasteiger partial charge is 0.239 e. The lowest BCUT2D eigenvalue weighted by molar-refractivity contribution is -0.134. The molecule has 184 valence electrons. The average Bonchev–Trinajstić information content (AvgIpc) is 2.87. The fourth-order valence-corrected chi connectivity index (χ4v) is 4.18. The molecule has 0 radical (unpaired) electrons. The molecule has 7 nitrogen and oxygen atoms in total. The van der Waals surface area contributed by atoms with Crippen molar-refractivity contribution in [3.05, 3.63) is 59.9 Å². The predicted molar refractivity (Wildman–Crippen MR) is 134 cm³/mol. The minimum absolute atomic E-state index is 0.0205. The van der Waals surface area contributed by atoms with E-state index in [2.05, 4.69) is 16.8 Å². The molecule has 3 rings (SSSR count). The van der Waals surface area contributed by atoms with Crippen molar-refractivity contribution >= 4 is 11.7 Å². The molecule has 1 fully saturated rings. The van der Waals surface area contributed by atoms with Gasteiger partial charge in [0.05, 0.1) is 12.6 Å². The van der Waals surface area contributed by atoms with Crippen molar-refractivity contribution in [1.29, 1.82) is 0 Å². The van der Waals surface area contributed by atoms with Crippen molar-refractivity contribution in [2.24, 2.45) is 5.73 Å². The molecule has 1 atom stereocenters. The molecule has 1 amide bonds. The Morgan fingerprint density at radius 3 is 2.38 bits per heavy atom. The first-order valence-corrected chi connectivity index (χ1v) is 12.5. The van der Waals surface area contributed by atoms with Crippen molar-refractivity contribution in [2.45, 2.75) is 51.5 Å². The van der Waals surface area contributed by atoms with Gasteiger partial charge in [-0.05, 0) is 61.2 Å². The van der Waals surface area contributed by atoms with E-state index in [1.807, 2.05) is 41.3 Å². The highest BCUT2D eigenvalue weighted by Crippen LogP contribution is 2.15. The van der Waals surface area contributed by atoms with E-state index in [-0.39, 0.29) is 11.7 Å². The van der Waals surface area contributed by atoms with E-state index in [0.717, 1.165) is 62.2 Å². The Kier molecular flexibility index (Phi) is 10.5. The predicted octanol–water partition coefficient (Wildman–Crippen LogP) is 3.33. The molecule has 2 heterocycles. The molecule has 2 aromatic rings. The van der Waals surface area contributed by atoms with Crippen LogP contribution in [0.1, 0.15) is 54.9 Å². The van der Waals surface area contributed by atoms with E-state index in [0.29, 0.717) is 32.5 Å². The molecule has 0 saturated carbocycles. The number of Topliss-reactive ketones (excluding diaryl/α,β-unsaturated/α-hetero) is 1. The van der Waals surface area contributed by atoms with Crippen LogP contribution in [0, 0.1) is 0 Å². The van der Waals surface area contributed by atoms with E-state index in [1.54, 1.807) is 12.4 Å². The van der Waals surface area contributed by atoms with Crippen LogP contribution >= 0.6 is 0 Å². The maximum absolute atomic E-state index is 12.7. The highest BCUT2D eigenvalue weighted by molar-refractivity contribution is 5.96. The van der Waals surface area contributed by atoms with Crippen LogP contribution in [0.25, 0.3) is 0 Å². The number of ether oxygens (including phenoxy) is 1. The number of hydrogen-bond donors (Lipinski definition) is 1. The number of nitrogens with zero attached hydrogens (tertiary/aromatic N) is 3. The number of benzene rings is 1. The summed E-state index contributed by atoms with van der Waals surface area (Å²) < 4.78 is 5.85. The maximum atomic E-state index is 12.7. The van der Waals surface area contributed by atoms with Crippen LogP contribution in [-0.4, -0.2) is 71.8 Å². The summed E-state index contributed by atoms with van der Waals surface area (Å²) in [4.78, 5) is 33.1. The summed E-state index contributed by atoms with van der Waals surface area (Å²) in [6, 6.07) is 10.8. The van der Waals surface area contributed by atoms with Gasteiger partial charge < -0.3 is 15.4 Å². The van der Waals surface area contributed by atoms with Crippen LogP contribution in [0.4, 0.5) is 0 Å². The molecule has 1 aromatic heterocycles. The second-order valence-electron chi connectivity index (χ2n) is 8.94. The second kappa shape index (κ2) is 13.8. The number of rotatable bonds is 13. The van der Waals surface area contributed by atoms with Gasteiger partial charge in [-0.15, -0.1) is 0 Å². The van der Waals surface area contributed by atoms with E-state index in [9.17, 15) is 9.59 Å². The summed E-state index contributed by atoms with van der Waals surface area (Å²) in [5.41, 5.74) is 7.95. The van der Waals surface area contributed by atoms with Gasteiger partial charge in [-0.3, -0.25) is 19.5 Å². The van der Waals surface area contributed by atoms with Gasteiger partial charge in [-0.2, -0.15) is 0 Å². The Bertz CT molecular complexity index is 881. The Hall–Kier alpha value is -2.77. The second-order valence-corrected chi connectivity index (χ2v) is 8.94. The molecule has 0 aliphatic carbocycles. The minimum atomic E-state index is -0.514. The zero-order valence-electron chi connectivity index (χ0n) is 20.3. The number of aromatic nitrogens is 1. The molecule has 0 unspecified atom stereocenters. The summed E-state index contributed by atoms with van der Waals surface area (Å²) in [6.45, 7) is 6.80. The Balaban J connectivity index is 1.30. The van der Waals surface area contributed by atoms with Crippen LogP contribution in [0.5, 0.6) is 5.75 Å². The summed E-state index contributed by atoms with van der Waals surface area (Å²) >= 11 is 0. The van der Waals surface area contributed by atoms with Crippen LogP contribution < -0.4 is 10.5 Å². The van der Waals surface area contributed by atoms with Crippen LogP contribution in [0.2, 0.25) is 0 Å². The third-order valence-corrected chi connectivity index (χ3v) is 6.28. The number of amides is 1. The van der Waals surface area contributed by atoms with E-state index >= 15 is 0 Å². The largest absolute Gasteiger partial charge is 0.494 e. The average molecular weight is 467 g/mol. The van der Waals surface area contributed by atoms with Gasteiger partial charge in [0.15, 0.2) is 5.78 Å². The molecule has 34 heavy (non-hydrogen) atoms. The quantitative estimate of drug-likeness (QED) is 0.360. The number of carbonyl (C=O) groups excluding carboxylic acids is 2. The summed E-state index contributed by atoms with van der Waals surface area (Å²) in [7, 11) is 0. The van der Waals surface area contributed by atoms with Crippen molar-refractivity contribution in [3.63, 3.8) is 0 Å². The summed E-state index contributed by atoms with van der Waals surface area (Å²) in [5, 5.41) is 0. The van der Waals surface area contributed by atoms with E-state index < -0.39 is 6.04 Å². The van der Waals surface area contributed by atoms with Gasteiger partial charge in [0.1, 0.15) is 5.75 Å². The standard InChI is InChI=1S/C27H38N4O3/c1-2-3-4-6-26(32)23-7-9-24(10-8-23)34-20-5-15-30-16-18-31(19-17-30)27(33)25(28)21-22-11-13-29-14-12-22/h7-14,25H,2-6,15-21,28H2,1H3/t25-/m0/s1. The molecular weight excluding hydrogens is 428 g/mol. The first kappa shape index (κ1) is 25.8. The highest BCUT2D eigenvalue weighted by atomic mass is 16.5. The number of pyridine rings is 1. The van der Waals surface area contributed by atoms with Crippen LogP contribution in [0.3, 0.4) is 0 Å². The van der Waals surface area contributed by atoms with Crippen molar-refractivity contribution in [1.82, 2.24) is 14.8 Å². The number of nitrogens with two attached hydrogens (primary N) is 1. The first-order valence-electron chi connectivity index (χ1n) is 12.5. The topological polar surface area (TPSA) is 88.8 Å². The lowest BCUT2D eigenvalue weighted by Crippen LogP contribution is -2.53. The highest BCUT2D eigenvalue weighted by Gasteiger charge is 2.25. The molecule has 1 aromatic carbocycles. The van der Waals surface area contributed by atoms with Gasteiger partial charge in [0, 0.05) is 57.1 Å². The molecule has 1 aliphatic heterocycles. The summed E-state index contributed by atoms with van der Waals surface area (Å²) in [5.74, 6) is 1.02. The third-order valence-electron chi connectivity index (χ3n) is 6.28. The fraction of sp³-hybridized carbons (Fsp3) is 0.519. The molecule has 7 heteroatoms. The van der Waals surface area contributed by atoms with Crippen molar-refractivity contribution in [2.75, 3.05) is 39.3 Å². The van der Waals surface area contributed by atoms with Gasteiger partial charge in [-0.25, -0.2) is 0 Å². The molecule has 0 spiro atoms. The van der Waals surface area contributed by atoms with Crippen molar-refractivity contribution in [3.8, 4) is 5.75 Å². The minimum Gasteiger partial charge on any atom is -0.494 e. The maximum Gasteiger partial charge on any atom is 0.239 e. The van der Waals surface area contributed by atoms with E-state index in [1.165, 1.54) is 0 Å². The number of hydrogen-bond acceptors (Lipinski definition) is 6. The first-order chi connectivity index (χ1) is 16.6. The van der Waals surface area contributed by atoms with Gasteiger partial charge in [0.2, 0.25) is 5.91 Å². The zero-order chi connectivity index (χ0) is 24.2. The SMILES string of the molecule is CCCCCC(=O)c1ccc(OCCCN2CCN(C(=O)[C@@H](N)Cc3ccncc3)CC2)cc1. The molecular formula is C27H38N4O3. The van der Waals surface area contributed by atoms with Gasteiger partial charge in [0.25, 0.3) is 0 Å². The number of unbranched alkanes of at least 4 members (excludes halogenated alkanes) is 2. The normalized spacial score (nSPS) is 15.2. The monoisotopic (exact) mass is 466 g/mol. The third kappa shape index (κ3) is 8.22. The number of piperazine rings is 1. The lowest BCUT2D eigenvalue weighted by Gasteiger charge is -2.35. The van der Waals surface area contributed by atoms with Crippen molar-refractivity contribution < 1.29 is 14.3 Å². The Morgan fingerprint density at radius 2 is 1.71 bits per heavy atom. The van der Waals surface area contributed by atoms with Gasteiger partial charge >= 0.3 is 0 Å². The van der Waals surface area contributed by atoms with E-state index in [4.69, 9.17) is 10.5 Å². The number of carbonyl (C=O) groups is 2. The zero-order valence-corrected chi connectivity index (χ0v) is 20.3. The Labute approximate surface area is 203 Å².